The van der Waals surface area contributed by atoms with Crippen LogP contribution in [0.5, 0.6) is 0 Å². The maximum Gasteiger partial charge on any atom is 0.191 e. The Bertz CT molecular complexity index is 467. The zero-order valence-corrected chi connectivity index (χ0v) is 15.7. The molecule has 1 aliphatic rings. The number of benzene rings is 1. The van der Waals surface area contributed by atoms with Gasteiger partial charge in [0, 0.05) is 18.5 Å². The predicted molar refractivity (Wildman–Crippen MR) is 102 cm³/mol. The van der Waals surface area contributed by atoms with Crippen LogP contribution in [0.4, 0.5) is 0 Å². The molecule has 0 amide bonds. The number of aliphatic imine (C=N–C) groups is 1. The Morgan fingerprint density at radius 1 is 1.19 bits per heavy atom. The molecule has 4 heteroatoms. The fraction of sp³-hybridized carbons (Fsp3) is 0.588. The van der Waals surface area contributed by atoms with Crippen LogP contribution in [0.1, 0.15) is 44.2 Å². The molecule has 1 aromatic carbocycles. The van der Waals surface area contributed by atoms with Gasteiger partial charge in [-0.05, 0) is 44.2 Å². The van der Waals surface area contributed by atoms with Crippen LogP contribution in [-0.2, 0) is 5.41 Å². The van der Waals surface area contributed by atoms with E-state index in [1.54, 1.807) is 0 Å². The lowest BCUT2D eigenvalue weighted by Crippen LogP contribution is -2.38. The highest BCUT2D eigenvalue weighted by molar-refractivity contribution is 14.0. The second-order valence-corrected chi connectivity index (χ2v) is 5.72. The summed E-state index contributed by atoms with van der Waals surface area (Å²) < 4.78 is 0. The van der Waals surface area contributed by atoms with Crippen molar-refractivity contribution in [3.05, 3.63) is 35.4 Å². The number of hydrogen-bond donors (Lipinski definition) is 2. The van der Waals surface area contributed by atoms with E-state index in [1.165, 1.54) is 24.0 Å². The van der Waals surface area contributed by atoms with E-state index in [0.29, 0.717) is 5.41 Å². The number of aryl methyl sites for hydroxylation is 1. The van der Waals surface area contributed by atoms with Gasteiger partial charge >= 0.3 is 0 Å². The fourth-order valence-corrected chi connectivity index (χ4v) is 2.65. The van der Waals surface area contributed by atoms with Crippen LogP contribution in [0.2, 0.25) is 0 Å². The van der Waals surface area contributed by atoms with Crippen LogP contribution in [0.15, 0.2) is 29.3 Å². The summed E-state index contributed by atoms with van der Waals surface area (Å²) in [5, 5.41) is 6.70. The van der Waals surface area contributed by atoms with Gasteiger partial charge in [-0.3, -0.25) is 4.99 Å². The molecule has 2 N–H and O–H groups in total. The molecular weight excluding hydrogens is 373 g/mol. The minimum Gasteiger partial charge on any atom is -0.357 e. The van der Waals surface area contributed by atoms with Crippen LogP contribution >= 0.6 is 24.0 Å². The molecule has 0 unspecified atom stereocenters. The highest BCUT2D eigenvalue weighted by atomic mass is 127. The van der Waals surface area contributed by atoms with Crippen molar-refractivity contribution in [3.8, 4) is 0 Å². The van der Waals surface area contributed by atoms with E-state index >= 15 is 0 Å². The SMILES string of the molecule is CCCNC(=NCC1(c2ccccc2C)CC1)NCC.I. The van der Waals surface area contributed by atoms with Crippen LogP contribution in [0.25, 0.3) is 0 Å². The van der Waals surface area contributed by atoms with E-state index in [1.807, 2.05) is 0 Å². The first kappa shape index (κ1) is 18.3. The molecule has 21 heavy (non-hydrogen) atoms. The average molecular weight is 401 g/mol. The molecule has 0 bridgehead atoms. The van der Waals surface area contributed by atoms with Crippen molar-refractivity contribution in [1.29, 1.82) is 0 Å². The second kappa shape index (κ2) is 8.61. The summed E-state index contributed by atoms with van der Waals surface area (Å²) in [4.78, 5) is 4.80. The van der Waals surface area contributed by atoms with Gasteiger partial charge in [-0.1, -0.05) is 31.2 Å². The summed E-state index contributed by atoms with van der Waals surface area (Å²) in [6, 6.07) is 8.74. The topological polar surface area (TPSA) is 36.4 Å². The molecule has 0 aliphatic heterocycles. The molecule has 0 spiro atoms. The summed E-state index contributed by atoms with van der Waals surface area (Å²) in [7, 11) is 0. The van der Waals surface area contributed by atoms with E-state index in [4.69, 9.17) is 4.99 Å². The van der Waals surface area contributed by atoms with Crippen LogP contribution in [0, 0.1) is 6.92 Å². The molecule has 3 nitrogen and oxygen atoms in total. The minimum absolute atomic E-state index is 0. The normalized spacial score (nSPS) is 16.0. The third kappa shape index (κ3) is 4.87. The van der Waals surface area contributed by atoms with Gasteiger partial charge in [-0.15, -0.1) is 24.0 Å². The molecule has 1 aliphatic carbocycles. The molecule has 0 aromatic heterocycles. The third-order valence-electron chi connectivity index (χ3n) is 4.00. The first-order valence-electron chi connectivity index (χ1n) is 7.80. The van der Waals surface area contributed by atoms with Gasteiger partial charge in [0.2, 0.25) is 0 Å². The first-order valence-corrected chi connectivity index (χ1v) is 7.80. The second-order valence-electron chi connectivity index (χ2n) is 5.72. The first-order chi connectivity index (χ1) is 9.72. The average Bonchev–Trinajstić information content (AvgIpc) is 3.23. The summed E-state index contributed by atoms with van der Waals surface area (Å²) in [6.07, 6.45) is 3.64. The molecule has 118 valence electrons. The van der Waals surface area contributed by atoms with E-state index in [0.717, 1.165) is 32.0 Å². The van der Waals surface area contributed by atoms with Gasteiger partial charge in [-0.25, -0.2) is 0 Å². The van der Waals surface area contributed by atoms with Crippen LogP contribution < -0.4 is 10.6 Å². The Morgan fingerprint density at radius 3 is 2.48 bits per heavy atom. The molecule has 2 rings (SSSR count). The Kier molecular flexibility index (Phi) is 7.49. The van der Waals surface area contributed by atoms with E-state index in [2.05, 4.69) is 55.7 Å². The van der Waals surface area contributed by atoms with Crippen molar-refractivity contribution in [2.45, 2.75) is 45.4 Å². The fourth-order valence-electron chi connectivity index (χ4n) is 2.65. The van der Waals surface area contributed by atoms with Gasteiger partial charge in [0.25, 0.3) is 0 Å². The highest BCUT2D eigenvalue weighted by Gasteiger charge is 2.44. The molecule has 1 fully saturated rings. The molecule has 1 saturated carbocycles. The maximum absolute atomic E-state index is 4.80. The lowest BCUT2D eigenvalue weighted by molar-refractivity contribution is 0.686. The van der Waals surface area contributed by atoms with E-state index < -0.39 is 0 Å². The monoisotopic (exact) mass is 401 g/mol. The van der Waals surface area contributed by atoms with Gasteiger partial charge in [-0.2, -0.15) is 0 Å². The predicted octanol–water partition coefficient (Wildman–Crippen LogP) is 3.61. The van der Waals surface area contributed by atoms with Crippen LogP contribution in [0.3, 0.4) is 0 Å². The van der Waals surface area contributed by atoms with Gasteiger partial charge in [0.05, 0.1) is 6.54 Å². The van der Waals surface area contributed by atoms with Gasteiger partial charge in [0.15, 0.2) is 5.96 Å². The lowest BCUT2D eigenvalue weighted by Gasteiger charge is -2.17. The minimum atomic E-state index is 0. The van der Waals surface area contributed by atoms with Crippen molar-refractivity contribution in [1.82, 2.24) is 10.6 Å². The number of guanidine groups is 1. The Labute approximate surface area is 146 Å². The van der Waals surface area contributed by atoms with Crippen LogP contribution in [-0.4, -0.2) is 25.6 Å². The summed E-state index contributed by atoms with van der Waals surface area (Å²) >= 11 is 0. The Hall–Kier alpha value is -0.780. The number of hydrogen-bond acceptors (Lipinski definition) is 1. The number of nitrogens with zero attached hydrogens (tertiary/aromatic N) is 1. The number of nitrogens with one attached hydrogen (secondary N) is 2. The largest absolute Gasteiger partial charge is 0.357 e. The maximum atomic E-state index is 4.80. The molecular formula is C17H28IN3. The zero-order chi connectivity index (χ0) is 14.4. The molecule has 1 aromatic rings. The quantitative estimate of drug-likeness (QED) is 0.434. The highest BCUT2D eigenvalue weighted by Crippen LogP contribution is 2.49. The van der Waals surface area contributed by atoms with Gasteiger partial charge in [0.1, 0.15) is 0 Å². The standard InChI is InChI=1S/C17H27N3.HI/c1-4-12-19-16(18-5-2)20-13-17(10-11-17)15-9-7-6-8-14(15)3;/h6-9H,4-5,10-13H2,1-3H3,(H2,18,19,20);1H. The summed E-state index contributed by atoms with van der Waals surface area (Å²) in [5.41, 5.74) is 3.17. The third-order valence-corrected chi connectivity index (χ3v) is 4.00. The lowest BCUT2D eigenvalue weighted by atomic mass is 9.92. The number of rotatable bonds is 6. The van der Waals surface area contributed by atoms with Gasteiger partial charge < -0.3 is 10.6 Å². The van der Waals surface area contributed by atoms with E-state index in [9.17, 15) is 0 Å². The summed E-state index contributed by atoms with van der Waals surface area (Å²) in [5.74, 6) is 0.953. The molecule has 0 atom stereocenters. The van der Waals surface area contributed by atoms with Crippen molar-refractivity contribution in [2.24, 2.45) is 4.99 Å². The van der Waals surface area contributed by atoms with Crippen molar-refractivity contribution < 1.29 is 0 Å². The zero-order valence-electron chi connectivity index (χ0n) is 13.4. The van der Waals surface area contributed by atoms with Crippen molar-refractivity contribution in [2.75, 3.05) is 19.6 Å². The molecule has 0 saturated heterocycles. The summed E-state index contributed by atoms with van der Waals surface area (Å²) in [6.45, 7) is 9.26. The molecule has 0 heterocycles. The Morgan fingerprint density at radius 2 is 1.90 bits per heavy atom. The molecule has 0 radical (unpaired) electrons. The Balaban J connectivity index is 0.00000220. The van der Waals surface area contributed by atoms with E-state index in [-0.39, 0.29) is 24.0 Å². The number of halogens is 1. The smallest absolute Gasteiger partial charge is 0.191 e. The van der Waals surface area contributed by atoms with Crippen molar-refractivity contribution >= 4 is 29.9 Å². The van der Waals surface area contributed by atoms with Crippen molar-refractivity contribution in [3.63, 3.8) is 0 Å².